The largest absolute Gasteiger partial charge is 0.469 e. The smallest absolute Gasteiger partial charge is 0.255 e. The highest BCUT2D eigenvalue weighted by Gasteiger charge is 2.23. The molecule has 6 heteroatoms. The minimum atomic E-state index is -1.03. The summed E-state index contributed by atoms with van der Waals surface area (Å²) >= 11 is 0. The Balaban J connectivity index is 2.02. The van der Waals surface area contributed by atoms with E-state index in [9.17, 15) is 14.7 Å². The highest BCUT2D eigenvalue weighted by atomic mass is 16.3. The number of hydrogen-bond acceptors (Lipinski definition) is 4. The summed E-state index contributed by atoms with van der Waals surface area (Å²) in [6, 6.07) is 11.1. The van der Waals surface area contributed by atoms with Crippen molar-refractivity contribution < 1.29 is 19.1 Å². The molecule has 0 spiro atoms. The number of rotatable bonds is 7. The third-order valence-electron chi connectivity index (χ3n) is 3.65. The molecule has 0 aliphatic carbocycles. The molecule has 0 bridgehead atoms. The number of carbonyl (C=O) groups excluding carboxylic acids is 2. The van der Waals surface area contributed by atoms with Crippen LogP contribution in [-0.4, -0.2) is 40.5 Å². The Labute approximate surface area is 147 Å². The maximum atomic E-state index is 12.6. The quantitative estimate of drug-likeness (QED) is 0.806. The zero-order valence-electron chi connectivity index (χ0n) is 14.8. The molecule has 1 heterocycles. The molecule has 1 aromatic heterocycles. The lowest BCUT2D eigenvalue weighted by Gasteiger charge is -2.29. The van der Waals surface area contributed by atoms with Crippen LogP contribution in [0.4, 0.5) is 0 Å². The lowest BCUT2D eigenvalue weighted by molar-refractivity contribution is -0.133. The van der Waals surface area contributed by atoms with Crippen LogP contribution in [-0.2, 0) is 11.3 Å². The summed E-state index contributed by atoms with van der Waals surface area (Å²) in [5.41, 5.74) is 0.331. The fourth-order valence-corrected chi connectivity index (χ4v) is 2.49. The van der Waals surface area contributed by atoms with Crippen molar-refractivity contribution in [2.45, 2.75) is 32.9 Å². The number of nitrogens with one attached hydrogen (secondary N) is 1. The second-order valence-corrected chi connectivity index (χ2v) is 6.62. The van der Waals surface area contributed by atoms with Crippen LogP contribution < -0.4 is 5.32 Å². The third-order valence-corrected chi connectivity index (χ3v) is 3.65. The van der Waals surface area contributed by atoms with E-state index in [1.165, 1.54) is 11.2 Å². The first-order valence-corrected chi connectivity index (χ1v) is 8.12. The summed E-state index contributed by atoms with van der Waals surface area (Å²) in [7, 11) is 0. The van der Waals surface area contributed by atoms with Gasteiger partial charge in [-0.3, -0.25) is 9.59 Å². The fraction of sp³-hybridized carbons (Fsp3) is 0.368. The second kappa shape index (κ2) is 7.98. The lowest BCUT2D eigenvalue weighted by atomic mass is 10.1. The number of furan rings is 1. The van der Waals surface area contributed by atoms with E-state index >= 15 is 0 Å². The van der Waals surface area contributed by atoms with Crippen molar-refractivity contribution in [3.8, 4) is 0 Å². The monoisotopic (exact) mass is 344 g/mol. The molecule has 25 heavy (non-hydrogen) atoms. The SMILES string of the molecule is Cc1occc1C(=O)NCC(=O)N(Cc1ccccc1)CC(C)(C)O. The molecule has 2 N–H and O–H groups in total. The predicted molar refractivity (Wildman–Crippen MR) is 93.9 cm³/mol. The van der Waals surface area contributed by atoms with Gasteiger partial charge in [-0.05, 0) is 32.4 Å². The van der Waals surface area contributed by atoms with Gasteiger partial charge in [0.15, 0.2) is 0 Å². The average Bonchev–Trinajstić information content (AvgIpc) is 2.97. The molecule has 0 unspecified atom stereocenters. The standard InChI is InChI=1S/C19H24N2O4/c1-14-16(9-10-25-14)18(23)20-11-17(22)21(13-19(2,3)24)12-15-7-5-4-6-8-15/h4-10,24H,11-13H2,1-3H3,(H,20,23). The predicted octanol–water partition coefficient (Wildman–Crippen LogP) is 2.12. The number of aliphatic hydroxyl groups is 1. The Kier molecular flexibility index (Phi) is 5.98. The number of benzene rings is 1. The Bertz CT molecular complexity index is 717. The average molecular weight is 344 g/mol. The van der Waals surface area contributed by atoms with Crippen molar-refractivity contribution in [1.29, 1.82) is 0 Å². The maximum Gasteiger partial charge on any atom is 0.255 e. The Morgan fingerprint density at radius 1 is 1.20 bits per heavy atom. The Morgan fingerprint density at radius 2 is 1.88 bits per heavy atom. The van der Waals surface area contributed by atoms with Gasteiger partial charge in [-0.2, -0.15) is 0 Å². The van der Waals surface area contributed by atoms with Crippen molar-refractivity contribution >= 4 is 11.8 Å². The maximum absolute atomic E-state index is 12.6. The lowest BCUT2D eigenvalue weighted by Crippen LogP contribution is -2.46. The number of carbonyl (C=O) groups is 2. The zero-order chi connectivity index (χ0) is 18.4. The van der Waals surface area contributed by atoms with Gasteiger partial charge in [0.05, 0.1) is 24.0 Å². The minimum absolute atomic E-state index is 0.146. The molecular weight excluding hydrogens is 320 g/mol. The molecule has 0 radical (unpaired) electrons. The summed E-state index contributed by atoms with van der Waals surface area (Å²) in [4.78, 5) is 26.2. The molecule has 2 amide bonds. The summed E-state index contributed by atoms with van der Waals surface area (Å²) in [5.74, 6) is -0.120. The summed E-state index contributed by atoms with van der Waals surface area (Å²) in [5, 5.41) is 12.7. The van der Waals surface area contributed by atoms with Gasteiger partial charge in [0, 0.05) is 13.1 Å². The Morgan fingerprint density at radius 3 is 2.44 bits per heavy atom. The van der Waals surface area contributed by atoms with Gasteiger partial charge in [-0.25, -0.2) is 0 Å². The molecule has 1 aromatic carbocycles. The van der Waals surface area contributed by atoms with Gasteiger partial charge < -0.3 is 19.7 Å². The van der Waals surface area contributed by atoms with Crippen molar-refractivity contribution in [2.24, 2.45) is 0 Å². The van der Waals surface area contributed by atoms with E-state index in [1.54, 1.807) is 26.8 Å². The summed E-state index contributed by atoms with van der Waals surface area (Å²) < 4.78 is 5.10. The molecule has 0 saturated heterocycles. The second-order valence-electron chi connectivity index (χ2n) is 6.62. The van der Waals surface area contributed by atoms with E-state index in [4.69, 9.17) is 4.42 Å². The van der Waals surface area contributed by atoms with Crippen molar-refractivity contribution in [1.82, 2.24) is 10.2 Å². The van der Waals surface area contributed by atoms with E-state index in [-0.39, 0.29) is 24.9 Å². The number of amides is 2. The Hall–Kier alpha value is -2.60. The fourth-order valence-electron chi connectivity index (χ4n) is 2.49. The first-order valence-electron chi connectivity index (χ1n) is 8.12. The molecule has 0 aliphatic rings. The topological polar surface area (TPSA) is 82.8 Å². The molecule has 0 fully saturated rings. The van der Waals surface area contributed by atoms with E-state index in [1.807, 2.05) is 30.3 Å². The van der Waals surface area contributed by atoms with Crippen LogP contribution in [0.5, 0.6) is 0 Å². The van der Waals surface area contributed by atoms with Crippen molar-refractivity contribution in [3.05, 3.63) is 59.5 Å². The van der Waals surface area contributed by atoms with Crippen LogP contribution in [0.2, 0.25) is 0 Å². The van der Waals surface area contributed by atoms with Gasteiger partial charge in [0.1, 0.15) is 5.76 Å². The van der Waals surface area contributed by atoms with E-state index in [2.05, 4.69) is 5.32 Å². The van der Waals surface area contributed by atoms with E-state index in [0.717, 1.165) is 5.56 Å². The molecule has 2 rings (SSSR count). The molecule has 0 atom stereocenters. The first kappa shape index (κ1) is 18.7. The zero-order valence-corrected chi connectivity index (χ0v) is 14.8. The van der Waals surface area contributed by atoms with Gasteiger partial charge in [-0.1, -0.05) is 30.3 Å². The van der Waals surface area contributed by atoms with E-state index < -0.39 is 5.60 Å². The number of nitrogens with zero attached hydrogens (tertiary/aromatic N) is 1. The van der Waals surface area contributed by atoms with Crippen molar-refractivity contribution in [3.63, 3.8) is 0 Å². The van der Waals surface area contributed by atoms with Crippen LogP contribution in [0.1, 0.15) is 35.5 Å². The van der Waals surface area contributed by atoms with Crippen molar-refractivity contribution in [2.75, 3.05) is 13.1 Å². The van der Waals surface area contributed by atoms with Crippen LogP contribution in [0.3, 0.4) is 0 Å². The number of hydrogen-bond donors (Lipinski definition) is 2. The van der Waals surface area contributed by atoms with E-state index in [0.29, 0.717) is 17.9 Å². The van der Waals surface area contributed by atoms with Crippen LogP contribution in [0, 0.1) is 6.92 Å². The number of aryl methyl sites for hydroxylation is 1. The summed E-state index contributed by atoms with van der Waals surface area (Å²) in [6.07, 6.45) is 1.43. The first-order chi connectivity index (χ1) is 11.8. The van der Waals surface area contributed by atoms with Crippen LogP contribution in [0.25, 0.3) is 0 Å². The molecule has 6 nitrogen and oxygen atoms in total. The third kappa shape index (κ3) is 5.76. The normalized spacial score (nSPS) is 11.2. The molecule has 134 valence electrons. The summed E-state index contributed by atoms with van der Waals surface area (Å²) in [6.45, 7) is 5.36. The molecule has 0 saturated carbocycles. The van der Waals surface area contributed by atoms with Gasteiger partial charge in [0.2, 0.25) is 5.91 Å². The highest BCUT2D eigenvalue weighted by Crippen LogP contribution is 2.11. The van der Waals surface area contributed by atoms with Gasteiger partial charge in [0.25, 0.3) is 5.91 Å². The molecular formula is C19H24N2O4. The minimum Gasteiger partial charge on any atom is -0.469 e. The van der Waals surface area contributed by atoms with Gasteiger partial charge in [-0.15, -0.1) is 0 Å². The van der Waals surface area contributed by atoms with Crippen LogP contribution in [0.15, 0.2) is 47.1 Å². The molecule has 2 aromatic rings. The van der Waals surface area contributed by atoms with Crippen LogP contribution >= 0.6 is 0 Å². The van der Waals surface area contributed by atoms with Gasteiger partial charge >= 0.3 is 0 Å². The molecule has 0 aliphatic heterocycles. The highest BCUT2D eigenvalue weighted by molar-refractivity contribution is 5.97.